The van der Waals surface area contributed by atoms with Gasteiger partial charge in [0.05, 0.1) is 23.7 Å². The predicted octanol–water partition coefficient (Wildman–Crippen LogP) is 1.32. The number of nitrogens with one attached hydrogen (secondary N) is 1. The van der Waals surface area contributed by atoms with Gasteiger partial charge in [0.15, 0.2) is 5.82 Å². The standard InChI is InChI=1S/C9H7ClN4O5S/c1-19-7-4-5(14(15)16)2-3-6(7)8-11-9(13-12-8)20(10,17)18/h2-4H,1H3,(H,11,12,13). The highest BCUT2D eigenvalue weighted by Gasteiger charge is 2.20. The Hall–Kier alpha value is -2.20. The number of hydrogen-bond donors (Lipinski definition) is 1. The van der Waals surface area contributed by atoms with E-state index in [0.717, 1.165) is 0 Å². The zero-order valence-electron chi connectivity index (χ0n) is 9.90. The number of H-pyrrole nitrogens is 1. The summed E-state index contributed by atoms with van der Waals surface area (Å²) in [6, 6.07) is 3.76. The molecule has 0 amide bonds. The number of halogens is 1. The maximum atomic E-state index is 11.1. The van der Waals surface area contributed by atoms with E-state index in [-0.39, 0.29) is 17.3 Å². The lowest BCUT2D eigenvalue weighted by atomic mass is 10.1. The van der Waals surface area contributed by atoms with Crippen LogP contribution in [0.15, 0.2) is 23.4 Å². The molecular weight excluding hydrogens is 312 g/mol. The van der Waals surface area contributed by atoms with Gasteiger partial charge in [-0.3, -0.25) is 10.1 Å². The first-order valence-corrected chi connectivity index (χ1v) is 7.33. The third-order valence-corrected chi connectivity index (χ3v) is 3.42. The highest BCUT2D eigenvalue weighted by molar-refractivity contribution is 8.13. The van der Waals surface area contributed by atoms with Crippen LogP contribution in [-0.4, -0.2) is 35.6 Å². The summed E-state index contributed by atoms with van der Waals surface area (Å²) < 4.78 is 27.2. The van der Waals surface area contributed by atoms with Crippen molar-refractivity contribution in [2.45, 2.75) is 5.16 Å². The van der Waals surface area contributed by atoms with Crippen molar-refractivity contribution in [1.82, 2.24) is 15.2 Å². The lowest BCUT2D eigenvalue weighted by Gasteiger charge is -2.04. The van der Waals surface area contributed by atoms with Crippen LogP contribution < -0.4 is 4.74 Å². The zero-order valence-corrected chi connectivity index (χ0v) is 11.5. The van der Waals surface area contributed by atoms with Crippen molar-refractivity contribution in [2.24, 2.45) is 0 Å². The molecule has 1 heterocycles. The fraction of sp³-hybridized carbons (Fsp3) is 0.111. The molecule has 1 N–H and O–H groups in total. The molecule has 0 bridgehead atoms. The molecule has 0 spiro atoms. The molecule has 2 aromatic rings. The lowest BCUT2D eigenvalue weighted by molar-refractivity contribution is -0.384. The molecule has 0 unspecified atom stereocenters. The summed E-state index contributed by atoms with van der Waals surface area (Å²) in [5.41, 5.74) is 0.118. The number of rotatable bonds is 4. The molecule has 0 fully saturated rings. The Kier molecular flexibility index (Phi) is 3.59. The maximum absolute atomic E-state index is 11.1. The van der Waals surface area contributed by atoms with Gasteiger partial charge in [0.2, 0.25) is 0 Å². The van der Waals surface area contributed by atoms with Gasteiger partial charge in [-0.1, -0.05) is 0 Å². The third-order valence-electron chi connectivity index (χ3n) is 2.33. The van der Waals surface area contributed by atoms with Gasteiger partial charge in [-0.25, -0.2) is 13.5 Å². The first kappa shape index (κ1) is 14.2. The molecule has 0 aliphatic carbocycles. The molecule has 2 rings (SSSR count). The van der Waals surface area contributed by atoms with Gasteiger partial charge in [0, 0.05) is 16.7 Å². The van der Waals surface area contributed by atoms with Gasteiger partial charge in [0.25, 0.3) is 19.9 Å². The van der Waals surface area contributed by atoms with E-state index in [1.165, 1.54) is 25.3 Å². The zero-order chi connectivity index (χ0) is 14.9. The molecule has 0 radical (unpaired) electrons. The molecule has 11 heteroatoms. The Morgan fingerprint density at radius 1 is 1.45 bits per heavy atom. The van der Waals surface area contributed by atoms with Gasteiger partial charge in [-0.15, -0.1) is 0 Å². The molecule has 106 valence electrons. The Morgan fingerprint density at radius 3 is 2.65 bits per heavy atom. The van der Waals surface area contributed by atoms with Crippen LogP contribution in [0.2, 0.25) is 0 Å². The minimum atomic E-state index is -4.04. The minimum Gasteiger partial charge on any atom is -0.496 e. The van der Waals surface area contributed by atoms with Crippen LogP contribution in [-0.2, 0) is 9.05 Å². The SMILES string of the molecule is COc1cc([N+](=O)[O-])ccc1-c1n[nH]c(S(=O)(=O)Cl)n1. The van der Waals surface area contributed by atoms with Crippen LogP contribution in [0.1, 0.15) is 0 Å². The van der Waals surface area contributed by atoms with E-state index in [4.69, 9.17) is 15.4 Å². The Bertz CT molecular complexity index is 772. The lowest BCUT2D eigenvalue weighted by Crippen LogP contribution is -1.94. The molecule has 20 heavy (non-hydrogen) atoms. The Balaban J connectivity index is 2.52. The van der Waals surface area contributed by atoms with Crippen molar-refractivity contribution in [1.29, 1.82) is 0 Å². The van der Waals surface area contributed by atoms with E-state index < -0.39 is 19.1 Å². The van der Waals surface area contributed by atoms with Gasteiger partial charge in [0.1, 0.15) is 5.75 Å². The number of nitrogens with zero attached hydrogens (tertiary/aromatic N) is 3. The number of nitro groups is 1. The number of non-ortho nitro benzene ring substituents is 1. The molecule has 0 saturated heterocycles. The Labute approximate surface area is 117 Å². The highest BCUT2D eigenvalue weighted by Crippen LogP contribution is 2.31. The summed E-state index contributed by atoms with van der Waals surface area (Å²) in [7, 11) is 2.39. The van der Waals surface area contributed by atoms with Gasteiger partial charge in [-0.05, 0) is 6.07 Å². The molecule has 1 aromatic heterocycles. The summed E-state index contributed by atoms with van der Waals surface area (Å²) >= 11 is 0. The number of benzene rings is 1. The Morgan fingerprint density at radius 2 is 2.15 bits per heavy atom. The number of methoxy groups -OCH3 is 1. The second kappa shape index (κ2) is 5.06. The van der Waals surface area contributed by atoms with Crippen LogP contribution in [0.4, 0.5) is 5.69 Å². The number of aromatic nitrogens is 3. The number of nitro benzene ring substituents is 1. The molecule has 0 atom stereocenters. The second-order valence-corrected chi connectivity index (χ2v) is 6.02. The fourth-order valence-corrected chi connectivity index (χ4v) is 2.01. The maximum Gasteiger partial charge on any atom is 0.296 e. The van der Waals surface area contributed by atoms with Crippen molar-refractivity contribution in [3.63, 3.8) is 0 Å². The van der Waals surface area contributed by atoms with Crippen LogP contribution in [0.25, 0.3) is 11.4 Å². The van der Waals surface area contributed by atoms with Crippen molar-refractivity contribution >= 4 is 25.4 Å². The molecule has 0 aliphatic heterocycles. The average Bonchev–Trinajstić information content (AvgIpc) is 2.87. The normalized spacial score (nSPS) is 11.3. The monoisotopic (exact) mass is 318 g/mol. The van der Waals surface area contributed by atoms with Crippen LogP contribution in [0.5, 0.6) is 5.75 Å². The number of aromatic amines is 1. The topological polar surface area (TPSA) is 128 Å². The average molecular weight is 319 g/mol. The number of hydrogen-bond acceptors (Lipinski definition) is 7. The van der Waals surface area contributed by atoms with Crippen molar-refractivity contribution in [3.8, 4) is 17.1 Å². The van der Waals surface area contributed by atoms with Crippen molar-refractivity contribution < 1.29 is 18.1 Å². The van der Waals surface area contributed by atoms with Crippen LogP contribution in [0.3, 0.4) is 0 Å². The predicted molar refractivity (Wildman–Crippen MR) is 68.1 cm³/mol. The van der Waals surface area contributed by atoms with Crippen molar-refractivity contribution in [2.75, 3.05) is 7.11 Å². The van der Waals surface area contributed by atoms with E-state index in [1.54, 1.807) is 0 Å². The summed E-state index contributed by atoms with van der Waals surface area (Å²) in [5, 5.41) is 16.0. The van der Waals surface area contributed by atoms with Gasteiger partial charge in [-0.2, -0.15) is 10.1 Å². The third kappa shape index (κ3) is 2.70. The quantitative estimate of drug-likeness (QED) is 0.511. The van der Waals surface area contributed by atoms with Crippen LogP contribution >= 0.6 is 10.7 Å². The molecule has 0 aliphatic rings. The fourth-order valence-electron chi connectivity index (χ4n) is 1.45. The summed E-state index contributed by atoms with van der Waals surface area (Å²) in [6.45, 7) is 0. The van der Waals surface area contributed by atoms with E-state index in [0.29, 0.717) is 5.56 Å². The molecule has 1 aromatic carbocycles. The molecular formula is C9H7ClN4O5S. The molecule has 9 nitrogen and oxygen atoms in total. The van der Waals surface area contributed by atoms with Crippen LogP contribution in [0, 0.1) is 10.1 Å². The van der Waals surface area contributed by atoms with Crippen molar-refractivity contribution in [3.05, 3.63) is 28.3 Å². The van der Waals surface area contributed by atoms with Gasteiger partial charge < -0.3 is 4.74 Å². The van der Waals surface area contributed by atoms with Gasteiger partial charge >= 0.3 is 0 Å². The summed E-state index contributed by atoms with van der Waals surface area (Å²) in [6.07, 6.45) is 0. The smallest absolute Gasteiger partial charge is 0.296 e. The van der Waals surface area contributed by atoms with E-state index >= 15 is 0 Å². The second-order valence-electron chi connectivity index (χ2n) is 3.54. The first-order valence-electron chi connectivity index (χ1n) is 5.03. The minimum absolute atomic E-state index is 0.00373. The van der Waals surface area contributed by atoms with E-state index in [1.807, 2.05) is 0 Å². The largest absolute Gasteiger partial charge is 0.496 e. The summed E-state index contributed by atoms with van der Waals surface area (Å²) in [5.74, 6) is 0.132. The molecule has 0 saturated carbocycles. The first-order chi connectivity index (χ1) is 9.32. The number of ether oxygens (including phenoxy) is 1. The van der Waals surface area contributed by atoms with E-state index in [2.05, 4.69) is 15.2 Å². The van der Waals surface area contributed by atoms with E-state index in [9.17, 15) is 18.5 Å². The summed E-state index contributed by atoms with van der Waals surface area (Å²) in [4.78, 5) is 13.8. The highest BCUT2D eigenvalue weighted by atomic mass is 35.7.